The zero-order chi connectivity index (χ0) is 18.1. The van der Waals surface area contributed by atoms with Crippen LogP contribution in [0.2, 0.25) is 0 Å². The molecule has 0 saturated carbocycles. The van der Waals surface area contributed by atoms with Crippen LogP contribution in [0.4, 0.5) is 0 Å². The number of carbonyl (C=O) groups is 1. The van der Waals surface area contributed by atoms with Crippen LogP contribution in [0.1, 0.15) is 15.4 Å². The second-order valence-corrected chi connectivity index (χ2v) is 8.66. The number of hydrogen-bond donors (Lipinski definition) is 0. The van der Waals surface area contributed by atoms with E-state index in [0.29, 0.717) is 19.6 Å². The van der Waals surface area contributed by atoms with E-state index in [1.165, 1.54) is 22.7 Å². The predicted octanol–water partition coefficient (Wildman–Crippen LogP) is 2.50. The largest absolute Gasteiger partial charge is 0.335 e. The third kappa shape index (κ3) is 3.44. The van der Waals surface area contributed by atoms with Crippen LogP contribution in [0.25, 0.3) is 4.96 Å². The summed E-state index contributed by atoms with van der Waals surface area (Å²) in [5.74, 6) is 0.125. The summed E-state index contributed by atoms with van der Waals surface area (Å²) in [7, 11) is 0. The third-order valence-corrected chi connectivity index (χ3v) is 7.01. The van der Waals surface area contributed by atoms with Crippen molar-refractivity contribution >= 4 is 45.3 Å². The van der Waals surface area contributed by atoms with E-state index in [4.69, 9.17) is 0 Å². The zero-order valence-corrected chi connectivity index (χ0v) is 16.7. The molecule has 3 aromatic rings. The molecule has 0 N–H and O–H groups in total. The van der Waals surface area contributed by atoms with Gasteiger partial charge in [-0.05, 0) is 17.7 Å². The van der Waals surface area contributed by atoms with Crippen molar-refractivity contribution in [3.8, 4) is 0 Å². The first kappa shape index (κ1) is 17.7. The van der Waals surface area contributed by atoms with Gasteiger partial charge < -0.3 is 4.90 Å². The number of amides is 1. The van der Waals surface area contributed by atoms with Crippen molar-refractivity contribution < 1.29 is 4.79 Å². The van der Waals surface area contributed by atoms with Crippen molar-refractivity contribution in [2.75, 3.05) is 32.4 Å². The number of thiazole rings is 1. The van der Waals surface area contributed by atoms with Gasteiger partial charge in [-0.1, -0.05) is 0 Å². The molecule has 0 radical (unpaired) electrons. The minimum Gasteiger partial charge on any atom is -0.335 e. The van der Waals surface area contributed by atoms with Crippen molar-refractivity contribution in [3.05, 3.63) is 50.0 Å². The third-order valence-electron chi connectivity index (χ3n) is 4.44. The van der Waals surface area contributed by atoms with Crippen molar-refractivity contribution in [1.29, 1.82) is 0 Å². The maximum Gasteiger partial charge on any atom is 0.265 e. The normalized spacial score (nSPS) is 15.7. The van der Waals surface area contributed by atoms with Crippen molar-refractivity contribution in [2.45, 2.75) is 11.4 Å². The van der Waals surface area contributed by atoms with E-state index in [0.717, 1.165) is 33.5 Å². The highest BCUT2D eigenvalue weighted by molar-refractivity contribution is 7.98. The quantitative estimate of drug-likeness (QED) is 0.623. The van der Waals surface area contributed by atoms with Gasteiger partial charge in [0, 0.05) is 55.3 Å². The minimum absolute atomic E-state index is 0.0395. The average molecular weight is 407 g/mol. The molecule has 4 rings (SSSR count). The Balaban J connectivity index is 1.40. The Morgan fingerprint density at radius 2 is 2.04 bits per heavy atom. The molecule has 0 unspecified atom stereocenters. The second-order valence-electron chi connectivity index (χ2n) is 6.03. The van der Waals surface area contributed by atoms with Crippen LogP contribution in [0, 0.1) is 0 Å². The lowest BCUT2D eigenvalue weighted by Gasteiger charge is -2.34. The van der Waals surface area contributed by atoms with Gasteiger partial charge in [0.05, 0.1) is 5.69 Å². The molecule has 3 aromatic heterocycles. The standard InChI is InChI=1S/C17H18N4O2S3/c1-24-13-2-8-25-15(13)16(23)20-5-3-19(4-6-20)11-12-10-14(22)21-7-9-26-17(21)18-12/h2,7-10H,3-6,11H2,1H3. The molecule has 1 saturated heterocycles. The lowest BCUT2D eigenvalue weighted by Crippen LogP contribution is -2.48. The summed E-state index contributed by atoms with van der Waals surface area (Å²) in [6.45, 7) is 3.62. The van der Waals surface area contributed by atoms with Gasteiger partial charge in [-0.15, -0.1) is 34.4 Å². The van der Waals surface area contributed by atoms with Gasteiger partial charge in [0.1, 0.15) is 4.88 Å². The maximum absolute atomic E-state index is 12.7. The fourth-order valence-corrected chi connectivity index (χ4v) is 5.52. The summed E-state index contributed by atoms with van der Waals surface area (Å²) in [5.41, 5.74) is 0.752. The van der Waals surface area contributed by atoms with Crippen molar-refractivity contribution in [2.24, 2.45) is 0 Å². The van der Waals surface area contributed by atoms with Crippen molar-refractivity contribution in [1.82, 2.24) is 19.2 Å². The molecule has 0 atom stereocenters. The van der Waals surface area contributed by atoms with E-state index in [9.17, 15) is 9.59 Å². The number of hydrogen-bond acceptors (Lipinski definition) is 7. The average Bonchev–Trinajstić information content (AvgIpc) is 3.31. The van der Waals surface area contributed by atoms with Gasteiger partial charge in [0.25, 0.3) is 11.5 Å². The summed E-state index contributed by atoms with van der Waals surface area (Å²) < 4.78 is 1.56. The fraction of sp³-hybridized carbons (Fsp3) is 0.353. The number of fused-ring (bicyclic) bond motifs is 1. The number of piperazine rings is 1. The van der Waals surface area contributed by atoms with Crippen LogP contribution in [-0.4, -0.2) is 57.5 Å². The van der Waals surface area contributed by atoms with Crippen molar-refractivity contribution in [3.63, 3.8) is 0 Å². The Morgan fingerprint density at radius 3 is 2.81 bits per heavy atom. The lowest BCUT2D eigenvalue weighted by atomic mass is 10.2. The maximum atomic E-state index is 12.7. The zero-order valence-electron chi connectivity index (χ0n) is 14.3. The Labute approximate surface area is 163 Å². The first-order valence-electron chi connectivity index (χ1n) is 8.24. The van der Waals surface area contributed by atoms with E-state index in [1.807, 2.05) is 28.0 Å². The molecular weight excluding hydrogens is 388 g/mol. The number of thiophene rings is 1. The molecule has 0 bridgehead atoms. The van der Waals surface area contributed by atoms with Crippen LogP contribution in [0.3, 0.4) is 0 Å². The molecule has 9 heteroatoms. The topological polar surface area (TPSA) is 57.9 Å². The molecule has 136 valence electrons. The molecule has 0 aromatic carbocycles. The first-order chi connectivity index (χ1) is 12.7. The van der Waals surface area contributed by atoms with E-state index >= 15 is 0 Å². The Kier molecular flexibility index (Phi) is 5.12. The predicted molar refractivity (Wildman–Crippen MR) is 107 cm³/mol. The molecule has 0 spiro atoms. The lowest BCUT2D eigenvalue weighted by molar-refractivity contribution is 0.0629. The van der Waals surface area contributed by atoms with Gasteiger partial charge in [0.2, 0.25) is 0 Å². The number of thioether (sulfide) groups is 1. The number of aromatic nitrogens is 2. The molecule has 1 aliphatic rings. The summed E-state index contributed by atoms with van der Waals surface area (Å²) >= 11 is 4.59. The number of nitrogens with zero attached hydrogens (tertiary/aromatic N) is 4. The van der Waals surface area contributed by atoms with Gasteiger partial charge >= 0.3 is 0 Å². The highest BCUT2D eigenvalue weighted by atomic mass is 32.2. The smallest absolute Gasteiger partial charge is 0.265 e. The SMILES string of the molecule is CSc1ccsc1C(=O)N1CCN(Cc2cc(=O)n3ccsc3n2)CC1. The van der Waals surface area contributed by atoms with E-state index in [-0.39, 0.29) is 11.5 Å². The minimum atomic E-state index is -0.0395. The molecular formula is C17H18N4O2S3. The molecule has 1 fully saturated rings. The van der Waals surface area contributed by atoms with E-state index in [1.54, 1.807) is 28.4 Å². The first-order valence-corrected chi connectivity index (χ1v) is 11.2. The van der Waals surface area contributed by atoms with E-state index < -0.39 is 0 Å². The van der Waals surface area contributed by atoms with Crippen LogP contribution >= 0.6 is 34.4 Å². The van der Waals surface area contributed by atoms with Crippen LogP contribution in [0.5, 0.6) is 0 Å². The molecule has 4 heterocycles. The monoisotopic (exact) mass is 406 g/mol. The van der Waals surface area contributed by atoms with Gasteiger partial charge in [0.15, 0.2) is 4.96 Å². The highest BCUT2D eigenvalue weighted by Gasteiger charge is 2.25. The molecule has 26 heavy (non-hydrogen) atoms. The Hall–Kier alpha value is -1.68. The van der Waals surface area contributed by atoms with Gasteiger partial charge in [-0.2, -0.15) is 0 Å². The molecule has 0 aliphatic carbocycles. The molecule has 1 amide bonds. The summed E-state index contributed by atoms with van der Waals surface area (Å²) in [6, 6.07) is 3.61. The summed E-state index contributed by atoms with van der Waals surface area (Å²) in [5, 5.41) is 3.84. The van der Waals surface area contributed by atoms with Gasteiger partial charge in [-0.25, -0.2) is 4.98 Å². The van der Waals surface area contributed by atoms with Gasteiger partial charge in [-0.3, -0.25) is 18.9 Å². The van der Waals surface area contributed by atoms with E-state index in [2.05, 4.69) is 9.88 Å². The molecule has 6 nitrogen and oxygen atoms in total. The number of rotatable bonds is 4. The summed E-state index contributed by atoms with van der Waals surface area (Å²) in [4.78, 5) is 36.2. The fourth-order valence-electron chi connectivity index (χ4n) is 3.06. The highest BCUT2D eigenvalue weighted by Crippen LogP contribution is 2.27. The summed E-state index contributed by atoms with van der Waals surface area (Å²) in [6.07, 6.45) is 3.74. The van der Waals surface area contributed by atoms with Crippen LogP contribution in [-0.2, 0) is 6.54 Å². The Morgan fingerprint density at radius 1 is 1.23 bits per heavy atom. The Bertz CT molecular complexity index is 985. The second kappa shape index (κ2) is 7.51. The number of carbonyl (C=O) groups excluding carboxylic acids is 1. The van der Waals surface area contributed by atoms with Crippen LogP contribution < -0.4 is 5.56 Å². The van der Waals surface area contributed by atoms with Crippen LogP contribution in [0.15, 0.2) is 38.8 Å². The molecule has 1 aliphatic heterocycles.